The Bertz CT molecular complexity index is 546. The van der Waals surface area contributed by atoms with Crippen molar-refractivity contribution in [2.24, 2.45) is 10.7 Å². The average molecular weight is 444 g/mol. The zero-order valence-electron chi connectivity index (χ0n) is 14.2. The van der Waals surface area contributed by atoms with Crippen molar-refractivity contribution in [1.82, 2.24) is 9.80 Å². The number of aliphatic hydroxyl groups excluding tert-OH is 1. The van der Waals surface area contributed by atoms with Gasteiger partial charge in [-0.2, -0.15) is 0 Å². The van der Waals surface area contributed by atoms with Crippen LogP contribution in [0.2, 0.25) is 0 Å². The van der Waals surface area contributed by atoms with Gasteiger partial charge in [0.15, 0.2) is 5.96 Å². The van der Waals surface area contributed by atoms with E-state index in [1.54, 1.807) is 0 Å². The van der Waals surface area contributed by atoms with E-state index in [2.05, 4.69) is 39.1 Å². The predicted octanol–water partition coefficient (Wildman–Crippen LogP) is 1.82. The fraction of sp³-hybridized carbons (Fsp3) is 0.611. The number of hydrogen-bond donors (Lipinski definition) is 2. The average Bonchev–Trinajstić information content (AvgIpc) is 2.60. The first-order chi connectivity index (χ1) is 11.2. The second-order valence-electron chi connectivity index (χ2n) is 6.65. The molecular formula is C18H29IN4O. The van der Waals surface area contributed by atoms with Crippen LogP contribution in [0, 0.1) is 0 Å². The number of aliphatic hydroxyl groups is 1. The molecule has 2 aliphatic heterocycles. The minimum atomic E-state index is -0.455. The highest BCUT2D eigenvalue weighted by Crippen LogP contribution is 2.18. The highest BCUT2D eigenvalue weighted by Gasteiger charge is 2.18. The van der Waals surface area contributed by atoms with Crippen molar-refractivity contribution in [2.45, 2.75) is 38.3 Å². The molecule has 0 aliphatic carbocycles. The molecule has 24 heavy (non-hydrogen) atoms. The molecule has 3 rings (SSSR count). The van der Waals surface area contributed by atoms with Crippen molar-refractivity contribution in [3.63, 3.8) is 0 Å². The second kappa shape index (κ2) is 9.58. The molecule has 1 aromatic carbocycles. The number of guanidine groups is 1. The third-order valence-electron chi connectivity index (χ3n) is 4.82. The van der Waals surface area contributed by atoms with Crippen molar-refractivity contribution >= 4 is 29.9 Å². The van der Waals surface area contributed by atoms with Gasteiger partial charge in [-0.05, 0) is 36.8 Å². The van der Waals surface area contributed by atoms with Gasteiger partial charge in [-0.3, -0.25) is 9.89 Å². The minimum absolute atomic E-state index is 0. The molecule has 1 saturated heterocycles. The van der Waals surface area contributed by atoms with E-state index in [1.807, 2.05) is 0 Å². The number of halogens is 1. The molecule has 2 heterocycles. The maximum absolute atomic E-state index is 10.3. The van der Waals surface area contributed by atoms with Crippen LogP contribution in [0.5, 0.6) is 0 Å². The standard InChI is InChI=1S/C18H28N4O.HI/c19-18(22-9-4-1-5-10-22)20-12-17(23)14-21-11-8-15-6-2-3-7-16(15)13-21;/h2-3,6-7,17,23H,1,4-5,8-14H2,(H2,19,20);1H. The van der Waals surface area contributed by atoms with E-state index in [9.17, 15) is 5.11 Å². The number of hydrogen-bond acceptors (Lipinski definition) is 3. The van der Waals surface area contributed by atoms with Crippen molar-refractivity contribution in [3.05, 3.63) is 35.4 Å². The second-order valence-corrected chi connectivity index (χ2v) is 6.65. The van der Waals surface area contributed by atoms with Gasteiger partial charge in [-0.15, -0.1) is 24.0 Å². The number of nitrogens with zero attached hydrogens (tertiary/aromatic N) is 3. The summed E-state index contributed by atoms with van der Waals surface area (Å²) < 4.78 is 0. The number of aliphatic imine (C=N–C) groups is 1. The van der Waals surface area contributed by atoms with E-state index in [-0.39, 0.29) is 24.0 Å². The molecule has 0 saturated carbocycles. The molecular weight excluding hydrogens is 415 g/mol. The highest BCUT2D eigenvalue weighted by molar-refractivity contribution is 14.0. The molecule has 6 heteroatoms. The molecule has 1 aromatic rings. The lowest BCUT2D eigenvalue weighted by atomic mass is 10.00. The van der Waals surface area contributed by atoms with Gasteiger partial charge in [-0.1, -0.05) is 24.3 Å². The van der Waals surface area contributed by atoms with Gasteiger partial charge in [-0.25, -0.2) is 0 Å². The van der Waals surface area contributed by atoms with Crippen LogP contribution in [0.15, 0.2) is 29.3 Å². The van der Waals surface area contributed by atoms with Crippen LogP contribution in [-0.2, 0) is 13.0 Å². The Hall–Kier alpha value is -0.860. The van der Waals surface area contributed by atoms with Gasteiger partial charge >= 0.3 is 0 Å². The summed E-state index contributed by atoms with van der Waals surface area (Å²) in [6, 6.07) is 8.57. The number of nitrogens with two attached hydrogens (primary N) is 1. The fourth-order valence-electron chi connectivity index (χ4n) is 3.49. The van der Waals surface area contributed by atoms with Crippen LogP contribution in [0.3, 0.4) is 0 Å². The molecule has 2 aliphatic rings. The highest BCUT2D eigenvalue weighted by atomic mass is 127. The Kier molecular flexibility index (Phi) is 7.77. The Balaban J connectivity index is 0.00000208. The van der Waals surface area contributed by atoms with E-state index < -0.39 is 6.10 Å². The molecule has 5 nitrogen and oxygen atoms in total. The first kappa shape index (κ1) is 19.5. The van der Waals surface area contributed by atoms with Gasteiger partial charge < -0.3 is 15.7 Å². The van der Waals surface area contributed by atoms with Crippen LogP contribution in [0.25, 0.3) is 0 Å². The summed E-state index contributed by atoms with van der Waals surface area (Å²) in [5.41, 5.74) is 8.86. The SMILES string of the molecule is I.NC(=NCC(O)CN1CCc2ccccc2C1)N1CCCCC1. The number of likely N-dealkylation sites (tertiary alicyclic amines) is 1. The predicted molar refractivity (Wildman–Crippen MR) is 109 cm³/mol. The fourth-order valence-corrected chi connectivity index (χ4v) is 3.49. The molecule has 0 aromatic heterocycles. The lowest BCUT2D eigenvalue weighted by Gasteiger charge is -2.30. The Morgan fingerprint density at radius 1 is 1.12 bits per heavy atom. The van der Waals surface area contributed by atoms with E-state index >= 15 is 0 Å². The summed E-state index contributed by atoms with van der Waals surface area (Å²) in [5, 5.41) is 10.3. The molecule has 0 bridgehead atoms. The maximum atomic E-state index is 10.3. The van der Waals surface area contributed by atoms with Gasteiger partial charge in [0, 0.05) is 32.7 Å². The third-order valence-corrected chi connectivity index (χ3v) is 4.82. The summed E-state index contributed by atoms with van der Waals surface area (Å²) >= 11 is 0. The Labute approximate surface area is 161 Å². The van der Waals surface area contributed by atoms with Crippen LogP contribution in [-0.4, -0.2) is 59.7 Å². The Morgan fingerprint density at radius 2 is 1.83 bits per heavy atom. The van der Waals surface area contributed by atoms with Crippen LogP contribution >= 0.6 is 24.0 Å². The first-order valence-corrected chi connectivity index (χ1v) is 8.74. The monoisotopic (exact) mass is 444 g/mol. The summed E-state index contributed by atoms with van der Waals surface area (Å²) in [7, 11) is 0. The van der Waals surface area contributed by atoms with Gasteiger partial charge in [0.1, 0.15) is 0 Å². The van der Waals surface area contributed by atoms with Crippen LogP contribution in [0.1, 0.15) is 30.4 Å². The zero-order valence-corrected chi connectivity index (χ0v) is 16.6. The molecule has 0 amide bonds. The number of β-amino-alcohol motifs (C(OH)–C–C–N with tert-alkyl or cyclic N) is 1. The largest absolute Gasteiger partial charge is 0.390 e. The van der Waals surface area contributed by atoms with Crippen LogP contribution < -0.4 is 5.73 Å². The van der Waals surface area contributed by atoms with E-state index in [4.69, 9.17) is 5.73 Å². The molecule has 3 N–H and O–H groups in total. The first-order valence-electron chi connectivity index (χ1n) is 8.74. The van der Waals surface area contributed by atoms with Gasteiger partial charge in [0.2, 0.25) is 0 Å². The summed E-state index contributed by atoms with van der Waals surface area (Å²) in [5.74, 6) is 0.590. The van der Waals surface area contributed by atoms with Crippen LogP contribution in [0.4, 0.5) is 0 Å². The molecule has 1 unspecified atom stereocenters. The molecule has 0 spiro atoms. The van der Waals surface area contributed by atoms with Crippen molar-refractivity contribution < 1.29 is 5.11 Å². The van der Waals surface area contributed by atoms with Gasteiger partial charge in [0.25, 0.3) is 0 Å². The van der Waals surface area contributed by atoms with Crippen molar-refractivity contribution in [2.75, 3.05) is 32.7 Å². The lowest BCUT2D eigenvalue weighted by molar-refractivity contribution is 0.111. The van der Waals surface area contributed by atoms with E-state index in [0.717, 1.165) is 32.6 Å². The molecule has 1 atom stereocenters. The zero-order chi connectivity index (χ0) is 16.1. The number of benzene rings is 1. The van der Waals surface area contributed by atoms with Crippen molar-refractivity contribution in [1.29, 1.82) is 0 Å². The van der Waals surface area contributed by atoms with E-state index in [1.165, 1.54) is 30.4 Å². The number of piperidine rings is 1. The smallest absolute Gasteiger partial charge is 0.191 e. The summed E-state index contributed by atoms with van der Waals surface area (Å²) in [4.78, 5) is 8.84. The molecule has 0 radical (unpaired) electrons. The minimum Gasteiger partial charge on any atom is -0.390 e. The normalized spacial score (nSPS) is 20.2. The summed E-state index contributed by atoms with van der Waals surface area (Å²) in [6.07, 6.45) is 4.26. The summed E-state index contributed by atoms with van der Waals surface area (Å²) in [6.45, 7) is 4.95. The maximum Gasteiger partial charge on any atom is 0.191 e. The topological polar surface area (TPSA) is 65.1 Å². The molecule has 1 fully saturated rings. The number of fused-ring (bicyclic) bond motifs is 1. The van der Waals surface area contributed by atoms with E-state index in [0.29, 0.717) is 19.0 Å². The third kappa shape index (κ3) is 5.32. The quantitative estimate of drug-likeness (QED) is 0.423. The lowest BCUT2D eigenvalue weighted by Crippen LogP contribution is -2.42. The Morgan fingerprint density at radius 3 is 2.58 bits per heavy atom. The molecule has 134 valence electrons. The van der Waals surface area contributed by atoms with Crippen molar-refractivity contribution in [3.8, 4) is 0 Å². The number of rotatable bonds is 4. The van der Waals surface area contributed by atoms with Gasteiger partial charge in [0.05, 0.1) is 12.6 Å².